The molecule has 0 aromatic rings. The predicted molar refractivity (Wildman–Crippen MR) is 65.7 cm³/mol. The van der Waals surface area contributed by atoms with Crippen LogP contribution in [0.5, 0.6) is 0 Å². The maximum Gasteiger partial charge on any atom is 0.317 e. The zero-order valence-electron chi connectivity index (χ0n) is 11.1. The van der Waals surface area contributed by atoms with E-state index < -0.39 is 23.8 Å². The zero-order valence-corrected chi connectivity index (χ0v) is 11.1. The summed E-state index contributed by atoms with van der Waals surface area (Å²) in [7, 11) is 2.62. The molecule has 2 atom stereocenters. The Hall–Kier alpha value is -1.63. The van der Waals surface area contributed by atoms with Crippen molar-refractivity contribution in [1.29, 1.82) is 0 Å². The van der Waals surface area contributed by atoms with Crippen molar-refractivity contribution in [1.82, 2.24) is 4.90 Å². The monoisotopic (exact) mass is 270 g/mol. The van der Waals surface area contributed by atoms with Crippen LogP contribution in [-0.2, 0) is 23.8 Å². The average molecular weight is 270 g/mol. The minimum absolute atomic E-state index is 0.263. The summed E-state index contributed by atoms with van der Waals surface area (Å²) in [6.07, 6.45) is 0. The van der Waals surface area contributed by atoms with Gasteiger partial charge in [0.1, 0.15) is 11.8 Å². The third-order valence-electron chi connectivity index (χ3n) is 3.42. The van der Waals surface area contributed by atoms with Crippen LogP contribution in [0.15, 0.2) is 4.99 Å². The Labute approximate surface area is 111 Å². The highest BCUT2D eigenvalue weighted by Gasteiger charge is 2.45. The van der Waals surface area contributed by atoms with E-state index >= 15 is 0 Å². The van der Waals surface area contributed by atoms with Gasteiger partial charge in [-0.1, -0.05) is 0 Å². The number of nitrogens with zero attached hydrogens (tertiary/aromatic N) is 2. The van der Waals surface area contributed by atoms with Crippen molar-refractivity contribution in [2.24, 2.45) is 16.8 Å². The van der Waals surface area contributed by atoms with E-state index in [0.717, 1.165) is 0 Å². The highest BCUT2D eigenvalue weighted by atomic mass is 16.5. The van der Waals surface area contributed by atoms with Crippen LogP contribution in [0.4, 0.5) is 0 Å². The molecule has 0 aliphatic carbocycles. The fraction of sp³-hybridized carbons (Fsp3) is 0.750. The summed E-state index contributed by atoms with van der Waals surface area (Å²) < 4.78 is 14.8. The lowest BCUT2D eigenvalue weighted by Crippen LogP contribution is -2.47. The van der Waals surface area contributed by atoms with E-state index in [2.05, 4.69) is 4.99 Å². The Morgan fingerprint density at radius 2 is 1.84 bits per heavy atom. The Morgan fingerprint density at radius 3 is 2.42 bits per heavy atom. The van der Waals surface area contributed by atoms with Crippen molar-refractivity contribution >= 4 is 17.8 Å². The summed E-state index contributed by atoms with van der Waals surface area (Å²) in [6, 6.07) is 0. The standard InChI is InChI=1S/C12H18N2O5/c1-17-11(15)8-7-13-10(9(8)12(16)18-2)14-3-5-19-6-4-14/h8-9H,3-7H2,1-2H3/t8-,9+/m1/s1. The fourth-order valence-corrected chi connectivity index (χ4v) is 2.42. The maximum absolute atomic E-state index is 11.9. The Morgan fingerprint density at radius 1 is 1.21 bits per heavy atom. The molecule has 0 aromatic carbocycles. The average Bonchev–Trinajstić information content (AvgIpc) is 2.91. The smallest absolute Gasteiger partial charge is 0.317 e. The molecule has 0 radical (unpaired) electrons. The molecular weight excluding hydrogens is 252 g/mol. The molecule has 0 spiro atoms. The second kappa shape index (κ2) is 6.01. The van der Waals surface area contributed by atoms with E-state index in [0.29, 0.717) is 32.1 Å². The molecule has 7 nitrogen and oxygen atoms in total. The summed E-state index contributed by atoms with van der Waals surface area (Å²) in [6.45, 7) is 2.78. The third-order valence-corrected chi connectivity index (χ3v) is 3.42. The first kappa shape index (κ1) is 13.8. The van der Waals surface area contributed by atoms with Gasteiger partial charge < -0.3 is 19.1 Å². The van der Waals surface area contributed by atoms with Crippen molar-refractivity contribution in [3.8, 4) is 0 Å². The molecule has 1 fully saturated rings. The first-order chi connectivity index (χ1) is 9.19. The number of morpholine rings is 1. The number of hydrogen-bond donors (Lipinski definition) is 0. The molecule has 19 heavy (non-hydrogen) atoms. The summed E-state index contributed by atoms with van der Waals surface area (Å²) in [5.41, 5.74) is 0. The molecular formula is C12H18N2O5. The van der Waals surface area contributed by atoms with Gasteiger partial charge in [-0.2, -0.15) is 0 Å². The number of ether oxygens (including phenoxy) is 3. The molecule has 0 N–H and O–H groups in total. The number of carbonyl (C=O) groups is 2. The number of esters is 2. The number of methoxy groups -OCH3 is 2. The van der Waals surface area contributed by atoms with Gasteiger partial charge in [0, 0.05) is 13.1 Å². The summed E-state index contributed by atoms with van der Waals surface area (Å²) in [4.78, 5) is 30.0. The molecule has 2 aliphatic heterocycles. The summed E-state index contributed by atoms with van der Waals surface area (Å²) in [5, 5.41) is 0. The molecule has 1 saturated heterocycles. The van der Waals surface area contributed by atoms with Crippen LogP contribution in [-0.4, -0.2) is 69.7 Å². The summed E-state index contributed by atoms with van der Waals surface area (Å²) in [5.74, 6) is -1.52. The third kappa shape index (κ3) is 2.70. The van der Waals surface area contributed by atoms with Crippen LogP contribution >= 0.6 is 0 Å². The molecule has 2 aliphatic rings. The molecule has 0 amide bonds. The second-order valence-corrected chi connectivity index (χ2v) is 4.43. The zero-order chi connectivity index (χ0) is 13.8. The lowest BCUT2D eigenvalue weighted by atomic mass is 9.93. The Bertz CT molecular complexity index is 390. The van der Waals surface area contributed by atoms with E-state index in [4.69, 9.17) is 14.2 Å². The number of hydrogen-bond acceptors (Lipinski definition) is 7. The lowest BCUT2D eigenvalue weighted by Gasteiger charge is -2.31. The molecule has 106 valence electrons. The van der Waals surface area contributed by atoms with Crippen LogP contribution in [0.3, 0.4) is 0 Å². The quantitative estimate of drug-likeness (QED) is 0.618. The van der Waals surface area contributed by atoms with Crippen molar-refractivity contribution in [2.75, 3.05) is 47.1 Å². The molecule has 0 saturated carbocycles. The van der Waals surface area contributed by atoms with Crippen LogP contribution in [0.2, 0.25) is 0 Å². The number of aliphatic imine (C=N–C) groups is 1. The van der Waals surface area contributed by atoms with Crippen LogP contribution in [0.25, 0.3) is 0 Å². The molecule has 0 unspecified atom stereocenters. The SMILES string of the molecule is COC(=O)[C@@H]1C(N2CCOCC2)=NC[C@H]1C(=O)OC. The van der Waals surface area contributed by atoms with Crippen LogP contribution in [0.1, 0.15) is 0 Å². The summed E-state index contributed by atoms with van der Waals surface area (Å²) >= 11 is 0. The highest BCUT2D eigenvalue weighted by molar-refractivity contribution is 6.06. The number of amidine groups is 1. The molecule has 2 rings (SSSR count). The van der Waals surface area contributed by atoms with Crippen molar-refractivity contribution in [3.63, 3.8) is 0 Å². The van der Waals surface area contributed by atoms with Crippen molar-refractivity contribution in [3.05, 3.63) is 0 Å². The van der Waals surface area contributed by atoms with Gasteiger partial charge in [0.25, 0.3) is 0 Å². The first-order valence-electron chi connectivity index (χ1n) is 6.21. The van der Waals surface area contributed by atoms with E-state index in [-0.39, 0.29) is 6.54 Å². The van der Waals surface area contributed by atoms with E-state index in [1.165, 1.54) is 14.2 Å². The maximum atomic E-state index is 11.9. The van der Waals surface area contributed by atoms with Crippen LogP contribution in [0, 0.1) is 11.8 Å². The molecule has 0 aromatic heterocycles. The van der Waals surface area contributed by atoms with E-state index in [1.54, 1.807) is 0 Å². The molecule has 7 heteroatoms. The molecule has 0 bridgehead atoms. The van der Waals surface area contributed by atoms with Gasteiger partial charge in [-0.3, -0.25) is 14.6 Å². The Balaban J connectivity index is 2.17. The topological polar surface area (TPSA) is 77.4 Å². The lowest BCUT2D eigenvalue weighted by molar-refractivity contribution is -0.154. The second-order valence-electron chi connectivity index (χ2n) is 4.43. The first-order valence-corrected chi connectivity index (χ1v) is 6.21. The minimum atomic E-state index is -0.671. The van der Waals surface area contributed by atoms with Gasteiger partial charge in [0.05, 0.1) is 39.9 Å². The Kier molecular flexibility index (Phi) is 4.36. The normalized spacial score (nSPS) is 26.8. The molecule has 2 heterocycles. The van der Waals surface area contributed by atoms with Gasteiger partial charge in [-0.25, -0.2) is 0 Å². The highest BCUT2D eigenvalue weighted by Crippen LogP contribution is 2.26. The number of rotatable bonds is 2. The van der Waals surface area contributed by atoms with Gasteiger partial charge in [0.2, 0.25) is 0 Å². The van der Waals surface area contributed by atoms with E-state index in [1.807, 2.05) is 4.90 Å². The van der Waals surface area contributed by atoms with Gasteiger partial charge in [0.15, 0.2) is 0 Å². The van der Waals surface area contributed by atoms with E-state index in [9.17, 15) is 9.59 Å². The van der Waals surface area contributed by atoms with Gasteiger partial charge in [-0.15, -0.1) is 0 Å². The largest absolute Gasteiger partial charge is 0.469 e. The van der Waals surface area contributed by atoms with Gasteiger partial charge >= 0.3 is 11.9 Å². The predicted octanol–water partition coefficient (Wildman–Crippen LogP) is -0.691. The van der Waals surface area contributed by atoms with Gasteiger partial charge in [-0.05, 0) is 0 Å². The fourth-order valence-electron chi connectivity index (χ4n) is 2.42. The van der Waals surface area contributed by atoms with Crippen molar-refractivity contribution in [2.45, 2.75) is 0 Å². The van der Waals surface area contributed by atoms with Crippen molar-refractivity contribution < 1.29 is 23.8 Å². The van der Waals surface area contributed by atoms with Crippen LogP contribution < -0.4 is 0 Å². The number of carbonyl (C=O) groups excluding carboxylic acids is 2. The minimum Gasteiger partial charge on any atom is -0.469 e.